The van der Waals surface area contributed by atoms with E-state index in [1.807, 2.05) is 42.2 Å². The van der Waals surface area contributed by atoms with Crippen molar-refractivity contribution in [2.24, 2.45) is 0 Å². The van der Waals surface area contributed by atoms with Crippen LogP contribution in [-0.4, -0.2) is 36.4 Å². The highest BCUT2D eigenvalue weighted by molar-refractivity contribution is 5.93. The van der Waals surface area contributed by atoms with E-state index < -0.39 is 5.92 Å². The second kappa shape index (κ2) is 7.81. The first-order chi connectivity index (χ1) is 12.4. The van der Waals surface area contributed by atoms with Crippen LogP contribution in [0, 0.1) is 0 Å². The van der Waals surface area contributed by atoms with Gasteiger partial charge in [0.05, 0.1) is 0 Å². The zero-order chi connectivity index (χ0) is 18.6. The highest BCUT2D eigenvalue weighted by Gasteiger charge is 2.34. The number of hydrogen-bond donors (Lipinski definition) is 1. The first-order valence-electron chi connectivity index (χ1n) is 8.86. The Bertz CT molecular complexity index is 742. The van der Waals surface area contributed by atoms with E-state index in [9.17, 15) is 13.6 Å². The topological polar surface area (TPSA) is 45.2 Å². The van der Waals surface area contributed by atoms with Crippen LogP contribution in [0.4, 0.5) is 14.5 Å². The van der Waals surface area contributed by atoms with Crippen LogP contribution in [-0.2, 0) is 0 Å². The number of nitrogens with zero attached hydrogens (tertiary/aromatic N) is 2. The lowest BCUT2D eigenvalue weighted by atomic mass is 10.0. The molecule has 2 aromatic rings. The summed E-state index contributed by atoms with van der Waals surface area (Å²) in [4.78, 5) is 18.4. The van der Waals surface area contributed by atoms with Gasteiger partial charge in [-0.05, 0) is 23.6 Å². The molecular weight excluding hydrogens is 336 g/mol. The van der Waals surface area contributed by atoms with Crippen LogP contribution < -0.4 is 10.2 Å². The van der Waals surface area contributed by atoms with Gasteiger partial charge in [0.15, 0.2) is 0 Å². The number of aromatic nitrogens is 1. The summed E-state index contributed by atoms with van der Waals surface area (Å²) in [6.45, 7) is 3.12. The number of anilines is 1. The molecule has 6 heteroatoms. The molecule has 2 heterocycles. The zero-order valence-corrected chi connectivity index (χ0v) is 14.8. The molecule has 138 valence electrons. The van der Waals surface area contributed by atoms with E-state index in [2.05, 4.69) is 10.3 Å². The predicted octanol–water partition coefficient (Wildman–Crippen LogP) is 3.85. The van der Waals surface area contributed by atoms with Crippen molar-refractivity contribution in [3.05, 3.63) is 59.9 Å². The fraction of sp³-hybridized carbons (Fsp3) is 0.400. The largest absolute Gasteiger partial charge is 0.371 e. The van der Waals surface area contributed by atoms with Gasteiger partial charge in [0.1, 0.15) is 5.69 Å². The zero-order valence-electron chi connectivity index (χ0n) is 14.8. The second-order valence-electron chi connectivity index (χ2n) is 6.76. The molecule has 4 nitrogen and oxygen atoms in total. The summed E-state index contributed by atoms with van der Waals surface area (Å²) >= 11 is 0. The summed E-state index contributed by atoms with van der Waals surface area (Å²) in [6, 6.07) is 13.4. The van der Waals surface area contributed by atoms with Crippen molar-refractivity contribution in [2.45, 2.75) is 31.6 Å². The summed E-state index contributed by atoms with van der Waals surface area (Å²) in [5.74, 6) is -2.65. The molecule has 0 unspecified atom stereocenters. The van der Waals surface area contributed by atoms with E-state index >= 15 is 0 Å². The van der Waals surface area contributed by atoms with Crippen molar-refractivity contribution in [2.75, 3.05) is 24.5 Å². The number of hydrogen-bond acceptors (Lipinski definition) is 3. The molecule has 0 radical (unpaired) electrons. The standard InChI is InChI=1S/C20H23F2N3O/c1-15(16-5-3-2-4-6-16)14-24-19(26)18-13-17(7-10-23-18)25-11-8-20(21,22)9-12-25/h2-7,10,13,15H,8-9,11-12,14H2,1H3,(H,24,26)/t15-/m1/s1. The molecule has 1 atom stereocenters. The van der Waals surface area contributed by atoms with Crippen LogP contribution in [0.1, 0.15) is 41.7 Å². The molecule has 0 saturated carbocycles. The molecule has 1 aromatic heterocycles. The molecule has 1 fully saturated rings. The number of carbonyl (C=O) groups excluding carboxylic acids is 1. The Morgan fingerprint density at radius 3 is 2.62 bits per heavy atom. The molecular formula is C20H23F2N3O. The normalized spacial score (nSPS) is 17.6. The maximum atomic E-state index is 13.3. The van der Waals surface area contributed by atoms with Crippen molar-refractivity contribution in [3.8, 4) is 0 Å². The fourth-order valence-corrected chi connectivity index (χ4v) is 3.07. The van der Waals surface area contributed by atoms with E-state index in [0.29, 0.717) is 12.2 Å². The Labute approximate surface area is 152 Å². The summed E-state index contributed by atoms with van der Waals surface area (Å²) in [7, 11) is 0. The first-order valence-corrected chi connectivity index (χ1v) is 8.86. The Balaban J connectivity index is 1.60. The Kier molecular flexibility index (Phi) is 5.49. The lowest BCUT2D eigenvalue weighted by Crippen LogP contribution is -2.39. The van der Waals surface area contributed by atoms with Gasteiger partial charge in [-0.25, -0.2) is 8.78 Å². The first kappa shape index (κ1) is 18.3. The number of pyridine rings is 1. The molecule has 1 aliphatic rings. The van der Waals surface area contributed by atoms with Gasteiger partial charge in [-0.1, -0.05) is 37.3 Å². The Hall–Kier alpha value is -2.50. The molecule has 1 saturated heterocycles. The van der Waals surface area contributed by atoms with Crippen molar-refractivity contribution in [1.29, 1.82) is 0 Å². The third-order valence-corrected chi connectivity index (χ3v) is 4.77. The number of alkyl halides is 2. The highest BCUT2D eigenvalue weighted by atomic mass is 19.3. The number of nitrogens with one attached hydrogen (secondary N) is 1. The summed E-state index contributed by atoms with van der Waals surface area (Å²) in [5.41, 5.74) is 2.22. The molecule has 0 bridgehead atoms. The van der Waals surface area contributed by atoms with Crippen molar-refractivity contribution >= 4 is 11.6 Å². The SMILES string of the molecule is C[C@H](CNC(=O)c1cc(N2CCC(F)(F)CC2)ccn1)c1ccccc1. The summed E-state index contributed by atoms with van der Waals surface area (Å²) in [5, 5.41) is 2.90. The van der Waals surface area contributed by atoms with E-state index in [0.717, 1.165) is 11.3 Å². The number of benzene rings is 1. The van der Waals surface area contributed by atoms with E-state index in [-0.39, 0.29) is 37.8 Å². The quantitative estimate of drug-likeness (QED) is 0.882. The lowest BCUT2D eigenvalue weighted by Gasteiger charge is -2.33. The molecule has 26 heavy (non-hydrogen) atoms. The molecule has 1 amide bonds. The molecule has 1 N–H and O–H groups in total. The number of carbonyl (C=O) groups is 1. The minimum atomic E-state index is -2.59. The van der Waals surface area contributed by atoms with Gasteiger partial charge in [-0.15, -0.1) is 0 Å². The monoisotopic (exact) mass is 359 g/mol. The van der Waals surface area contributed by atoms with E-state index in [1.165, 1.54) is 0 Å². The molecule has 0 spiro atoms. The average molecular weight is 359 g/mol. The third-order valence-electron chi connectivity index (χ3n) is 4.77. The second-order valence-corrected chi connectivity index (χ2v) is 6.76. The smallest absolute Gasteiger partial charge is 0.269 e. The van der Waals surface area contributed by atoms with Crippen molar-refractivity contribution in [3.63, 3.8) is 0 Å². The average Bonchev–Trinajstić information content (AvgIpc) is 2.66. The number of piperidine rings is 1. The van der Waals surface area contributed by atoms with Crippen LogP contribution in [0.5, 0.6) is 0 Å². The van der Waals surface area contributed by atoms with Crippen molar-refractivity contribution < 1.29 is 13.6 Å². The minimum absolute atomic E-state index is 0.161. The van der Waals surface area contributed by atoms with Crippen LogP contribution >= 0.6 is 0 Å². The van der Waals surface area contributed by atoms with Gasteiger partial charge >= 0.3 is 0 Å². The van der Waals surface area contributed by atoms with Gasteiger partial charge in [0, 0.05) is 44.4 Å². The highest BCUT2D eigenvalue weighted by Crippen LogP contribution is 2.30. The van der Waals surface area contributed by atoms with Crippen LogP contribution in [0.3, 0.4) is 0 Å². The van der Waals surface area contributed by atoms with Gasteiger partial charge in [-0.2, -0.15) is 0 Å². The maximum absolute atomic E-state index is 13.3. The molecule has 1 aliphatic heterocycles. The van der Waals surface area contributed by atoms with E-state index in [1.54, 1.807) is 18.3 Å². The maximum Gasteiger partial charge on any atom is 0.269 e. The Morgan fingerprint density at radius 2 is 1.92 bits per heavy atom. The van der Waals surface area contributed by atoms with E-state index in [4.69, 9.17) is 0 Å². The third kappa shape index (κ3) is 4.56. The molecule has 1 aromatic carbocycles. The predicted molar refractivity (Wildman–Crippen MR) is 97.8 cm³/mol. The van der Waals surface area contributed by atoms with Crippen LogP contribution in [0.25, 0.3) is 0 Å². The van der Waals surface area contributed by atoms with Crippen LogP contribution in [0.15, 0.2) is 48.7 Å². The van der Waals surface area contributed by atoms with Crippen LogP contribution in [0.2, 0.25) is 0 Å². The number of amides is 1. The molecule has 3 rings (SSSR count). The number of rotatable bonds is 5. The fourth-order valence-electron chi connectivity index (χ4n) is 3.07. The van der Waals surface area contributed by atoms with Gasteiger partial charge in [-0.3, -0.25) is 9.78 Å². The molecule has 0 aliphatic carbocycles. The van der Waals surface area contributed by atoms with Gasteiger partial charge in [0.25, 0.3) is 11.8 Å². The Morgan fingerprint density at radius 1 is 1.23 bits per heavy atom. The number of halogens is 2. The van der Waals surface area contributed by atoms with Crippen molar-refractivity contribution in [1.82, 2.24) is 10.3 Å². The summed E-state index contributed by atoms with van der Waals surface area (Å²) in [6.07, 6.45) is 1.23. The van der Waals surface area contributed by atoms with Gasteiger partial charge < -0.3 is 10.2 Å². The summed E-state index contributed by atoms with van der Waals surface area (Å²) < 4.78 is 26.6. The van der Waals surface area contributed by atoms with Gasteiger partial charge in [0.2, 0.25) is 0 Å². The lowest BCUT2D eigenvalue weighted by molar-refractivity contribution is -0.0220. The minimum Gasteiger partial charge on any atom is -0.371 e.